The monoisotopic (exact) mass is 273 g/mol. The lowest BCUT2D eigenvalue weighted by molar-refractivity contribution is 0.0402. The molecule has 0 spiro atoms. The van der Waals surface area contributed by atoms with Crippen LogP contribution in [-0.2, 0) is 14.2 Å². The highest BCUT2D eigenvalue weighted by atomic mass is 16.5. The van der Waals surface area contributed by atoms with Gasteiger partial charge in [0.25, 0.3) is 0 Å². The van der Waals surface area contributed by atoms with Crippen LogP contribution in [0.4, 0.5) is 0 Å². The van der Waals surface area contributed by atoms with E-state index in [0.717, 1.165) is 38.8 Å². The molecule has 1 saturated carbocycles. The zero-order valence-corrected chi connectivity index (χ0v) is 12.5. The first-order chi connectivity index (χ1) is 9.43. The van der Waals surface area contributed by atoms with E-state index in [1.165, 1.54) is 38.5 Å². The third kappa shape index (κ3) is 10.3. The van der Waals surface area contributed by atoms with E-state index in [1.807, 2.05) is 0 Å². The van der Waals surface area contributed by atoms with E-state index in [1.54, 1.807) is 7.11 Å². The summed E-state index contributed by atoms with van der Waals surface area (Å²) in [5.74, 6) is 0. The predicted molar refractivity (Wildman–Crippen MR) is 77.6 cm³/mol. The van der Waals surface area contributed by atoms with Crippen molar-refractivity contribution in [2.75, 3.05) is 46.7 Å². The zero-order chi connectivity index (χ0) is 13.6. The lowest BCUT2D eigenvalue weighted by Crippen LogP contribution is -2.31. The molecule has 1 aliphatic carbocycles. The molecule has 0 radical (unpaired) electrons. The molecule has 0 amide bonds. The van der Waals surface area contributed by atoms with Crippen LogP contribution in [0.2, 0.25) is 0 Å². The van der Waals surface area contributed by atoms with Gasteiger partial charge in [0.15, 0.2) is 0 Å². The van der Waals surface area contributed by atoms with Crippen LogP contribution < -0.4 is 5.32 Å². The molecule has 0 aromatic rings. The van der Waals surface area contributed by atoms with Crippen LogP contribution in [0.5, 0.6) is 0 Å². The van der Waals surface area contributed by atoms with Gasteiger partial charge in [0.1, 0.15) is 0 Å². The van der Waals surface area contributed by atoms with Crippen molar-refractivity contribution in [2.24, 2.45) is 0 Å². The number of methoxy groups -OCH3 is 1. The Morgan fingerprint density at radius 3 is 2.21 bits per heavy atom. The summed E-state index contributed by atoms with van der Waals surface area (Å²) in [6.45, 7) is 4.67. The molecule has 0 atom stereocenters. The van der Waals surface area contributed by atoms with E-state index < -0.39 is 0 Å². The molecule has 0 unspecified atom stereocenters. The van der Waals surface area contributed by atoms with Crippen LogP contribution in [0.15, 0.2) is 0 Å². The SMILES string of the molecule is COCCCOCCOCCNC1CCCCCC1. The Morgan fingerprint density at radius 1 is 0.842 bits per heavy atom. The Labute approximate surface area is 118 Å². The standard InChI is InChI=1S/C15H31NO3/c1-17-10-6-11-18-13-14-19-12-9-16-15-7-4-2-3-5-8-15/h15-16H,2-14H2,1H3. The maximum atomic E-state index is 5.54. The first-order valence-electron chi connectivity index (χ1n) is 7.81. The summed E-state index contributed by atoms with van der Waals surface area (Å²) < 4.78 is 15.9. The van der Waals surface area contributed by atoms with Crippen molar-refractivity contribution in [2.45, 2.75) is 51.0 Å². The van der Waals surface area contributed by atoms with Crippen LogP contribution in [0, 0.1) is 0 Å². The minimum atomic E-state index is 0.688. The Balaban J connectivity index is 1.78. The summed E-state index contributed by atoms with van der Waals surface area (Å²) in [4.78, 5) is 0. The van der Waals surface area contributed by atoms with Crippen molar-refractivity contribution in [3.05, 3.63) is 0 Å². The Bertz CT molecular complexity index is 182. The smallest absolute Gasteiger partial charge is 0.0701 e. The maximum Gasteiger partial charge on any atom is 0.0701 e. The van der Waals surface area contributed by atoms with Gasteiger partial charge in [0.05, 0.1) is 19.8 Å². The fourth-order valence-corrected chi connectivity index (χ4v) is 2.45. The topological polar surface area (TPSA) is 39.7 Å². The van der Waals surface area contributed by atoms with Gasteiger partial charge in [-0.2, -0.15) is 0 Å². The molecule has 1 N–H and O–H groups in total. The third-order valence-electron chi connectivity index (χ3n) is 3.54. The lowest BCUT2D eigenvalue weighted by Gasteiger charge is -2.16. The third-order valence-corrected chi connectivity index (χ3v) is 3.54. The normalized spacial score (nSPS) is 17.5. The quantitative estimate of drug-likeness (QED) is 0.463. The molecule has 0 saturated heterocycles. The van der Waals surface area contributed by atoms with Crippen molar-refractivity contribution in [1.82, 2.24) is 5.32 Å². The molecule has 0 bridgehead atoms. The number of nitrogens with one attached hydrogen (secondary N) is 1. The summed E-state index contributed by atoms with van der Waals surface area (Å²) in [5, 5.41) is 3.60. The van der Waals surface area contributed by atoms with Crippen molar-refractivity contribution < 1.29 is 14.2 Å². The van der Waals surface area contributed by atoms with Crippen LogP contribution in [-0.4, -0.2) is 52.7 Å². The van der Waals surface area contributed by atoms with Crippen molar-refractivity contribution in [3.63, 3.8) is 0 Å². The molecule has 0 heterocycles. The molecule has 19 heavy (non-hydrogen) atoms. The average Bonchev–Trinajstić information content (AvgIpc) is 2.69. The summed E-state index contributed by atoms with van der Waals surface area (Å²) >= 11 is 0. The van der Waals surface area contributed by atoms with Crippen molar-refractivity contribution >= 4 is 0 Å². The Hall–Kier alpha value is -0.160. The molecule has 4 heteroatoms. The highest BCUT2D eigenvalue weighted by Gasteiger charge is 2.10. The molecular formula is C15H31NO3. The molecule has 0 aliphatic heterocycles. The van der Waals surface area contributed by atoms with E-state index in [2.05, 4.69) is 5.32 Å². The first-order valence-corrected chi connectivity index (χ1v) is 7.81. The van der Waals surface area contributed by atoms with E-state index in [-0.39, 0.29) is 0 Å². The second-order valence-electron chi connectivity index (χ2n) is 5.21. The molecule has 114 valence electrons. The largest absolute Gasteiger partial charge is 0.385 e. The number of hydrogen-bond donors (Lipinski definition) is 1. The van der Waals surface area contributed by atoms with Gasteiger partial charge in [0.2, 0.25) is 0 Å². The molecule has 0 aromatic carbocycles. The van der Waals surface area contributed by atoms with E-state index in [0.29, 0.717) is 13.2 Å². The highest BCUT2D eigenvalue weighted by molar-refractivity contribution is 4.70. The first kappa shape index (κ1) is 16.9. The van der Waals surface area contributed by atoms with Crippen LogP contribution >= 0.6 is 0 Å². The van der Waals surface area contributed by atoms with Crippen LogP contribution in [0.25, 0.3) is 0 Å². The molecular weight excluding hydrogens is 242 g/mol. The fraction of sp³-hybridized carbons (Fsp3) is 1.00. The van der Waals surface area contributed by atoms with E-state index in [9.17, 15) is 0 Å². The van der Waals surface area contributed by atoms with Gasteiger partial charge in [-0.05, 0) is 19.3 Å². The number of rotatable bonds is 11. The Kier molecular flexibility index (Phi) is 11.4. The minimum Gasteiger partial charge on any atom is -0.385 e. The van der Waals surface area contributed by atoms with Crippen LogP contribution in [0.3, 0.4) is 0 Å². The summed E-state index contributed by atoms with van der Waals surface area (Å²) in [6.07, 6.45) is 9.22. The lowest BCUT2D eigenvalue weighted by atomic mass is 10.1. The van der Waals surface area contributed by atoms with Gasteiger partial charge >= 0.3 is 0 Å². The minimum absolute atomic E-state index is 0.688. The highest BCUT2D eigenvalue weighted by Crippen LogP contribution is 2.16. The molecule has 1 rings (SSSR count). The van der Waals surface area contributed by atoms with Gasteiger partial charge in [0, 0.05) is 32.9 Å². The van der Waals surface area contributed by atoms with Gasteiger partial charge < -0.3 is 19.5 Å². The molecule has 4 nitrogen and oxygen atoms in total. The second kappa shape index (κ2) is 12.9. The van der Waals surface area contributed by atoms with Gasteiger partial charge in [-0.15, -0.1) is 0 Å². The Morgan fingerprint density at radius 2 is 1.53 bits per heavy atom. The average molecular weight is 273 g/mol. The van der Waals surface area contributed by atoms with Crippen molar-refractivity contribution in [1.29, 1.82) is 0 Å². The summed E-state index contributed by atoms with van der Waals surface area (Å²) in [6, 6.07) is 0.719. The fourth-order valence-electron chi connectivity index (χ4n) is 2.45. The second-order valence-corrected chi connectivity index (χ2v) is 5.21. The van der Waals surface area contributed by atoms with E-state index in [4.69, 9.17) is 14.2 Å². The maximum absolute atomic E-state index is 5.54. The van der Waals surface area contributed by atoms with Crippen LogP contribution in [0.1, 0.15) is 44.9 Å². The van der Waals surface area contributed by atoms with E-state index >= 15 is 0 Å². The number of ether oxygens (including phenoxy) is 3. The van der Waals surface area contributed by atoms with Crippen molar-refractivity contribution in [3.8, 4) is 0 Å². The molecule has 0 aromatic heterocycles. The van der Waals surface area contributed by atoms with Gasteiger partial charge in [-0.1, -0.05) is 25.7 Å². The number of hydrogen-bond acceptors (Lipinski definition) is 4. The molecule has 1 fully saturated rings. The zero-order valence-electron chi connectivity index (χ0n) is 12.5. The van der Waals surface area contributed by atoms with Gasteiger partial charge in [-0.25, -0.2) is 0 Å². The van der Waals surface area contributed by atoms with Gasteiger partial charge in [-0.3, -0.25) is 0 Å². The molecule has 1 aliphatic rings. The predicted octanol–water partition coefficient (Wildman–Crippen LogP) is 2.37. The summed E-state index contributed by atoms with van der Waals surface area (Å²) in [7, 11) is 1.71. The summed E-state index contributed by atoms with van der Waals surface area (Å²) in [5.41, 5.74) is 0.